The summed E-state index contributed by atoms with van der Waals surface area (Å²) in [5.41, 5.74) is 2.54. The summed E-state index contributed by atoms with van der Waals surface area (Å²) in [6.45, 7) is 1.93. The number of halogens is 1. The summed E-state index contributed by atoms with van der Waals surface area (Å²) < 4.78 is 6.67. The van der Waals surface area contributed by atoms with Gasteiger partial charge < -0.3 is 9.73 Å². The van der Waals surface area contributed by atoms with Crippen LogP contribution in [-0.2, 0) is 4.79 Å². The summed E-state index contributed by atoms with van der Waals surface area (Å²) in [5, 5.41) is 12.1. The molecular weight excluding hydrogens is 392 g/mol. The minimum absolute atomic E-state index is 0.0282. The number of nitrogens with one attached hydrogen (secondary N) is 1. The minimum Gasteiger partial charge on any atom is -0.457 e. The van der Waals surface area contributed by atoms with E-state index in [2.05, 4.69) is 21.2 Å². The molecule has 0 radical (unpaired) electrons. The van der Waals surface area contributed by atoms with Crippen LogP contribution < -0.4 is 5.32 Å². The molecule has 0 aliphatic heterocycles. The molecule has 0 aliphatic rings. The summed E-state index contributed by atoms with van der Waals surface area (Å²) in [6.07, 6.45) is 1.44. The molecule has 0 bridgehead atoms. The molecule has 0 unspecified atom stereocenters. The van der Waals surface area contributed by atoms with E-state index in [4.69, 9.17) is 4.42 Å². The zero-order valence-electron chi connectivity index (χ0n) is 14.0. The van der Waals surface area contributed by atoms with Crippen molar-refractivity contribution in [3.63, 3.8) is 0 Å². The van der Waals surface area contributed by atoms with E-state index in [9.17, 15) is 10.1 Å². The molecule has 0 fully saturated rings. The number of nitriles is 1. The van der Waals surface area contributed by atoms with Gasteiger partial charge in [0.25, 0.3) is 5.91 Å². The predicted molar refractivity (Wildman–Crippen MR) is 105 cm³/mol. The molecular formula is C21H15BrN2O2. The van der Waals surface area contributed by atoms with E-state index < -0.39 is 5.91 Å². The van der Waals surface area contributed by atoms with Gasteiger partial charge in [0.1, 0.15) is 23.2 Å². The molecule has 0 saturated carbocycles. The number of carbonyl (C=O) groups is 1. The average molecular weight is 407 g/mol. The number of carbonyl (C=O) groups excluding carboxylic acids is 1. The highest BCUT2D eigenvalue weighted by atomic mass is 79.9. The maximum Gasteiger partial charge on any atom is 0.266 e. The van der Waals surface area contributed by atoms with Crippen LogP contribution in [0.5, 0.6) is 0 Å². The Morgan fingerprint density at radius 1 is 1.15 bits per heavy atom. The highest BCUT2D eigenvalue weighted by Crippen LogP contribution is 2.30. The fourth-order valence-corrected chi connectivity index (χ4v) is 2.93. The molecule has 0 spiro atoms. The van der Waals surface area contributed by atoms with Gasteiger partial charge in [0.05, 0.1) is 0 Å². The number of hydrogen-bond donors (Lipinski definition) is 1. The van der Waals surface area contributed by atoms with Crippen LogP contribution >= 0.6 is 15.9 Å². The third-order valence-corrected chi connectivity index (χ3v) is 4.39. The molecule has 1 amide bonds. The van der Waals surface area contributed by atoms with E-state index in [0.29, 0.717) is 17.2 Å². The normalized spacial score (nSPS) is 11.0. The second-order valence-electron chi connectivity index (χ2n) is 5.68. The van der Waals surface area contributed by atoms with Crippen LogP contribution in [0, 0.1) is 18.3 Å². The fraction of sp³-hybridized carbons (Fsp3) is 0.0476. The molecule has 2 aromatic carbocycles. The summed E-state index contributed by atoms with van der Waals surface area (Å²) in [4.78, 5) is 12.3. The van der Waals surface area contributed by atoms with Crippen molar-refractivity contribution in [3.05, 3.63) is 82.0 Å². The van der Waals surface area contributed by atoms with Crippen molar-refractivity contribution in [1.29, 1.82) is 5.26 Å². The van der Waals surface area contributed by atoms with Crippen LogP contribution in [-0.4, -0.2) is 5.91 Å². The first-order valence-electron chi connectivity index (χ1n) is 7.91. The van der Waals surface area contributed by atoms with E-state index in [1.165, 1.54) is 6.08 Å². The number of anilines is 1. The maximum absolute atomic E-state index is 12.3. The van der Waals surface area contributed by atoms with Gasteiger partial charge in [-0.2, -0.15) is 5.26 Å². The molecule has 0 saturated heterocycles. The predicted octanol–water partition coefficient (Wildman–Crippen LogP) is 5.56. The quantitative estimate of drug-likeness (QED) is 0.455. The Balaban J connectivity index is 1.82. The fourth-order valence-electron chi connectivity index (χ4n) is 2.45. The van der Waals surface area contributed by atoms with Crippen LogP contribution in [0.2, 0.25) is 0 Å². The zero-order valence-corrected chi connectivity index (χ0v) is 15.6. The summed E-state index contributed by atoms with van der Waals surface area (Å²) in [7, 11) is 0. The average Bonchev–Trinajstić information content (AvgIpc) is 3.08. The van der Waals surface area contributed by atoms with Crippen molar-refractivity contribution in [1.82, 2.24) is 0 Å². The lowest BCUT2D eigenvalue weighted by molar-refractivity contribution is -0.112. The van der Waals surface area contributed by atoms with Crippen molar-refractivity contribution >= 4 is 33.6 Å². The Morgan fingerprint density at radius 3 is 2.69 bits per heavy atom. The Labute approximate surface area is 159 Å². The van der Waals surface area contributed by atoms with Gasteiger partial charge in [0.2, 0.25) is 0 Å². The Kier molecular flexibility index (Phi) is 5.35. The number of amides is 1. The molecule has 1 heterocycles. The molecule has 128 valence electrons. The van der Waals surface area contributed by atoms with Gasteiger partial charge in [0, 0.05) is 21.8 Å². The SMILES string of the molecule is Cc1cccc(NC(=O)/C(C#N)=C/c2ccc(-c3ccccc3Br)o2)c1. The van der Waals surface area contributed by atoms with E-state index in [1.807, 2.05) is 55.5 Å². The minimum atomic E-state index is -0.475. The standard InChI is InChI=1S/C21H15BrN2O2/c1-14-5-4-6-16(11-14)24-21(25)15(13-23)12-17-9-10-20(26-17)18-7-2-3-8-19(18)22/h2-12H,1H3,(H,24,25)/b15-12+. The first-order chi connectivity index (χ1) is 12.6. The molecule has 1 N–H and O–H groups in total. The van der Waals surface area contributed by atoms with E-state index in [1.54, 1.807) is 18.2 Å². The number of hydrogen-bond acceptors (Lipinski definition) is 3. The molecule has 5 heteroatoms. The van der Waals surface area contributed by atoms with Gasteiger partial charge in [-0.25, -0.2) is 0 Å². The van der Waals surface area contributed by atoms with Gasteiger partial charge >= 0.3 is 0 Å². The molecule has 3 rings (SSSR count). The van der Waals surface area contributed by atoms with Crippen molar-refractivity contribution < 1.29 is 9.21 Å². The highest BCUT2D eigenvalue weighted by Gasteiger charge is 2.12. The van der Waals surface area contributed by atoms with E-state index >= 15 is 0 Å². The second kappa shape index (κ2) is 7.85. The summed E-state index contributed by atoms with van der Waals surface area (Å²) in [5.74, 6) is 0.615. The second-order valence-corrected chi connectivity index (χ2v) is 6.53. The van der Waals surface area contributed by atoms with Gasteiger partial charge in [-0.05, 0) is 42.8 Å². The van der Waals surface area contributed by atoms with Crippen LogP contribution in [0.3, 0.4) is 0 Å². The molecule has 26 heavy (non-hydrogen) atoms. The lowest BCUT2D eigenvalue weighted by atomic mass is 10.2. The van der Waals surface area contributed by atoms with Crippen LogP contribution in [0.4, 0.5) is 5.69 Å². The largest absolute Gasteiger partial charge is 0.457 e. The highest BCUT2D eigenvalue weighted by molar-refractivity contribution is 9.10. The monoisotopic (exact) mass is 406 g/mol. The maximum atomic E-state index is 12.3. The van der Waals surface area contributed by atoms with E-state index in [0.717, 1.165) is 15.6 Å². The zero-order chi connectivity index (χ0) is 18.5. The third kappa shape index (κ3) is 4.11. The van der Waals surface area contributed by atoms with Gasteiger partial charge in [-0.15, -0.1) is 0 Å². The van der Waals surface area contributed by atoms with Crippen molar-refractivity contribution in [2.24, 2.45) is 0 Å². The smallest absolute Gasteiger partial charge is 0.266 e. The molecule has 0 aliphatic carbocycles. The van der Waals surface area contributed by atoms with Crippen molar-refractivity contribution in [3.8, 4) is 17.4 Å². The van der Waals surface area contributed by atoms with E-state index in [-0.39, 0.29) is 5.57 Å². The molecule has 1 aromatic heterocycles. The summed E-state index contributed by atoms with van der Waals surface area (Å²) >= 11 is 3.48. The molecule has 0 atom stereocenters. The topological polar surface area (TPSA) is 66.0 Å². The Morgan fingerprint density at radius 2 is 1.96 bits per heavy atom. The summed E-state index contributed by atoms with van der Waals surface area (Å²) in [6, 6.07) is 20.5. The first-order valence-corrected chi connectivity index (χ1v) is 8.70. The van der Waals surface area contributed by atoms with Crippen molar-refractivity contribution in [2.75, 3.05) is 5.32 Å². The Bertz CT molecular complexity index is 1030. The lowest BCUT2D eigenvalue weighted by Crippen LogP contribution is -2.13. The molecule has 4 nitrogen and oxygen atoms in total. The van der Waals surface area contributed by atoms with Crippen LogP contribution in [0.15, 0.2) is 75.1 Å². The lowest BCUT2D eigenvalue weighted by Gasteiger charge is -2.04. The number of benzene rings is 2. The van der Waals surface area contributed by atoms with Crippen molar-refractivity contribution in [2.45, 2.75) is 6.92 Å². The van der Waals surface area contributed by atoms with Gasteiger partial charge in [-0.3, -0.25) is 4.79 Å². The number of rotatable bonds is 4. The van der Waals surface area contributed by atoms with Gasteiger partial charge in [0.15, 0.2) is 0 Å². The third-order valence-electron chi connectivity index (χ3n) is 3.69. The number of nitrogens with zero attached hydrogens (tertiary/aromatic N) is 1. The van der Waals surface area contributed by atoms with Crippen LogP contribution in [0.25, 0.3) is 17.4 Å². The molecule has 3 aromatic rings. The van der Waals surface area contributed by atoms with Gasteiger partial charge in [-0.1, -0.05) is 46.3 Å². The number of aryl methyl sites for hydroxylation is 1. The first kappa shape index (κ1) is 17.7. The Hall–Kier alpha value is -3.10. The van der Waals surface area contributed by atoms with Crippen LogP contribution in [0.1, 0.15) is 11.3 Å². The number of furan rings is 1.